The summed E-state index contributed by atoms with van der Waals surface area (Å²) in [5, 5.41) is 3.58. The fourth-order valence-corrected chi connectivity index (χ4v) is 2.08. The Bertz CT molecular complexity index is 627. The minimum atomic E-state index is -0.991. The Labute approximate surface area is 135 Å². The quantitative estimate of drug-likeness (QED) is 0.913. The van der Waals surface area contributed by atoms with E-state index in [4.69, 9.17) is 16.3 Å². The van der Waals surface area contributed by atoms with Crippen molar-refractivity contribution in [2.24, 2.45) is 0 Å². The number of nitrogens with one attached hydrogen (secondary N) is 1. The first-order valence-electron chi connectivity index (χ1n) is 7.04. The van der Waals surface area contributed by atoms with E-state index in [1.807, 2.05) is 19.1 Å². The molecule has 0 saturated carbocycles. The molecule has 4 nitrogen and oxygen atoms in total. The average Bonchev–Trinajstić information content (AvgIpc) is 2.50. The Morgan fingerprint density at radius 3 is 2.36 bits per heavy atom. The lowest BCUT2D eigenvalue weighted by atomic mass is 10.1. The van der Waals surface area contributed by atoms with Gasteiger partial charge in [-0.3, -0.25) is 9.78 Å². The molecular formula is C17H19ClN2O2. The van der Waals surface area contributed by atoms with Crippen molar-refractivity contribution < 1.29 is 9.53 Å². The van der Waals surface area contributed by atoms with Gasteiger partial charge in [0.25, 0.3) is 5.91 Å². The number of rotatable bonds is 5. The van der Waals surface area contributed by atoms with Gasteiger partial charge in [0, 0.05) is 17.4 Å². The van der Waals surface area contributed by atoms with E-state index >= 15 is 0 Å². The molecule has 5 heteroatoms. The molecule has 0 radical (unpaired) electrons. The summed E-state index contributed by atoms with van der Waals surface area (Å²) in [5.41, 5.74) is 0.000384. The van der Waals surface area contributed by atoms with E-state index < -0.39 is 5.60 Å². The van der Waals surface area contributed by atoms with Crippen LogP contribution < -0.4 is 10.1 Å². The van der Waals surface area contributed by atoms with Gasteiger partial charge in [0.2, 0.25) is 0 Å². The first-order valence-corrected chi connectivity index (χ1v) is 7.42. The summed E-state index contributed by atoms with van der Waals surface area (Å²) in [6.45, 7) is 5.39. The molecule has 1 heterocycles. The molecule has 0 aliphatic heterocycles. The Kier molecular flexibility index (Phi) is 5.03. The van der Waals surface area contributed by atoms with Gasteiger partial charge in [-0.2, -0.15) is 0 Å². The predicted octanol–water partition coefficient (Wildman–Crippen LogP) is 3.77. The van der Waals surface area contributed by atoms with E-state index in [0.29, 0.717) is 10.8 Å². The lowest BCUT2D eigenvalue weighted by Gasteiger charge is -2.27. The summed E-state index contributed by atoms with van der Waals surface area (Å²) in [5.74, 6) is 0.410. The maximum atomic E-state index is 12.4. The third kappa shape index (κ3) is 4.21. The zero-order valence-electron chi connectivity index (χ0n) is 12.8. The highest BCUT2D eigenvalue weighted by Crippen LogP contribution is 2.22. The topological polar surface area (TPSA) is 51.2 Å². The van der Waals surface area contributed by atoms with E-state index in [9.17, 15) is 4.79 Å². The van der Waals surface area contributed by atoms with Crippen LogP contribution in [0.1, 0.15) is 32.4 Å². The predicted molar refractivity (Wildman–Crippen MR) is 87.0 cm³/mol. The van der Waals surface area contributed by atoms with E-state index in [1.165, 1.54) is 0 Å². The lowest BCUT2D eigenvalue weighted by molar-refractivity contribution is -0.134. The van der Waals surface area contributed by atoms with Gasteiger partial charge in [-0.15, -0.1) is 0 Å². The highest BCUT2D eigenvalue weighted by atomic mass is 35.5. The number of benzene rings is 1. The maximum Gasteiger partial charge on any atom is 0.264 e. The summed E-state index contributed by atoms with van der Waals surface area (Å²) in [4.78, 5) is 16.4. The van der Waals surface area contributed by atoms with Crippen LogP contribution in [0.25, 0.3) is 0 Å². The van der Waals surface area contributed by atoms with Crippen LogP contribution in [0.3, 0.4) is 0 Å². The van der Waals surface area contributed by atoms with Crippen LogP contribution in [-0.4, -0.2) is 16.5 Å². The van der Waals surface area contributed by atoms with E-state index in [1.54, 1.807) is 50.5 Å². The van der Waals surface area contributed by atoms with Gasteiger partial charge in [-0.05, 0) is 62.7 Å². The van der Waals surface area contributed by atoms with Crippen LogP contribution in [0, 0.1) is 0 Å². The van der Waals surface area contributed by atoms with Gasteiger partial charge in [0.1, 0.15) is 5.75 Å². The van der Waals surface area contributed by atoms with Gasteiger partial charge in [0.05, 0.1) is 6.04 Å². The smallest absolute Gasteiger partial charge is 0.264 e. The van der Waals surface area contributed by atoms with Crippen molar-refractivity contribution in [1.29, 1.82) is 0 Å². The van der Waals surface area contributed by atoms with Crippen molar-refractivity contribution in [2.75, 3.05) is 0 Å². The van der Waals surface area contributed by atoms with Gasteiger partial charge in [-0.25, -0.2) is 0 Å². The van der Waals surface area contributed by atoms with Crippen LogP contribution >= 0.6 is 11.6 Å². The number of amides is 1. The second-order valence-electron chi connectivity index (χ2n) is 5.54. The molecule has 2 rings (SSSR count). The fourth-order valence-electron chi connectivity index (χ4n) is 1.95. The number of aromatic nitrogens is 1. The number of pyridine rings is 1. The highest BCUT2D eigenvalue weighted by Gasteiger charge is 2.31. The second kappa shape index (κ2) is 6.79. The number of halogens is 1. The molecule has 22 heavy (non-hydrogen) atoms. The molecule has 0 aliphatic rings. The number of hydrogen-bond donors (Lipinski definition) is 1. The number of carbonyl (C=O) groups is 1. The molecule has 2 aromatic rings. The minimum Gasteiger partial charge on any atom is -0.478 e. The zero-order valence-corrected chi connectivity index (χ0v) is 13.6. The van der Waals surface area contributed by atoms with Crippen LogP contribution in [0.2, 0.25) is 5.02 Å². The molecule has 1 atom stereocenters. The van der Waals surface area contributed by atoms with E-state index in [2.05, 4.69) is 10.3 Å². The first-order chi connectivity index (χ1) is 10.4. The molecule has 0 fully saturated rings. The number of nitrogens with zero attached hydrogens (tertiary/aromatic N) is 1. The Morgan fingerprint density at radius 2 is 1.77 bits per heavy atom. The summed E-state index contributed by atoms with van der Waals surface area (Å²) in [7, 11) is 0. The average molecular weight is 319 g/mol. The molecule has 0 aliphatic carbocycles. The van der Waals surface area contributed by atoms with Crippen LogP contribution in [-0.2, 0) is 4.79 Å². The van der Waals surface area contributed by atoms with Crippen molar-refractivity contribution in [1.82, 2.24) is 10.3 Å². The lowest BCUT2D eigenvalue weighted by Crippen LogP contribution is -2.47. The summed E-state index contributed by atoms with van der Waals surface area (Å²) in [6.07, 6.45) is 3.40. The molecule has 1 N–H and O–H groups in total. The van der Waals surface area contributed by atoms with Crippen molar-refractivity contribution in [3.8, 4) is 5.75 Å². The molecule has 1 amide bonds. The maximum absolute atomic E-state index is 12.4. The van der Waals surface area contributed by atoms with Crippen molar-refractivity contribution in [2.45, 2.75) is 32.4 Å². The Balaban J connectivity index is 2.02. The van der Waals surface area contributed by atoms with E-state index in [0.717, 1.165) is 5.56 Å². The van der Waals surface area contributed by atoms with Crippen molar-refractivity contribution in [3.05, 3.63) is 59.4 Å². The summed E-state index contributed by atoms with van der Waals surface area (Å²) >= 11 is 5.84. The molecule has 0 spiro atoms. The van der Waals surface area contributed by atoms with Gasteiger partial charge in [0.15, 0.2) is 5.60 Å². The van der Waals surface area contributed by atoms with E-state index in [-0.39, 0.29) is 11.9 Å². The van der Waals surface area contributed by atoms with Crippen molar-refractivity contribution >= 4 is 17.5 Å². The summed E-state index contributed by atoms with van der Waals surface area (Å²) < 4.78 is 5.77. The zero-order chi connectivity index (χ0) is 16.2. The van der Waals surface area contributed by atoms with Crippen molar-refractivity contribution in [3.63, 3.8) is 0 Å². The molecular weight excluding hydrogens is 300 g/mol. The molecule has 116 valence electrons. The molecule has 1 aromatic heterocycles. The molecule has 1 aromatic carbocycles. The number of ether oxygens (including phenoxy) is 1. The van der Waals surface area contributed by atoms with Crippen LogP contribution in [0.15, 0.2) is 48.8 Å². The highest BCUT2D eigenvalue weighted by molar-refractivity contribution is 6.30. The second-order valence-corrected chi connectivity index (χ2v) is 5.98. The number of hydrogen-bond acceptors (Lipinski definition) is 3. The summed E-state index contributed by atoms with van der Waals surface area (Å²) in [6, 6.07) is 10.6. The molecule has 0 saturated heterocycles. The SMILES string of the molecule is C[C@@H](NC(=O)C(C)(C)Oc1ccc(Cl)cc1)c1ccncc1. The van der Waals surface area contributed by atoms with Crippen LogP contribution in [0.4, 0.5) is 0 Å². The van der Waals surface area contributed by atoms with Gasteiger partial charge in [-0.1, -0.05) is 11.6 Å². The normalized spacial score (nSPS) is 12.5. The standard InChI is InChI=1S/C17H19ClN2O2/c1-12(13-8-10-19-11-9-13)20-16(21)17(2,3)22-15-6-4-14(18)5-7-15/h4-12H,1-3H3,(H,20,21)/t12-/m1/s1. The number of carbonyl (C=O) groups excluding carboxylic acids is 1. The van der Waals surface area contributed by atoms with Gasteiger partial charge >= 0.3 is 0 Å². The Hall–Kier alpha value is -2.07. The third-order valence-electron chi connectivity index (χ3n) is 3.29. The largest absolute Gasteiger partial charge is 0.478 e. The van der Waals surface area contributed by atoms with Crippen LogP contribution in [0.5, 0.6) is 5.75 Å². The first kappa shape index (κ1) is 16.3. The third-order valence-corrected chi connectivity index (χ3v) is 3.54. The monoisotopic (exact) mass is 318 g/mol. The minimum absolute atomic E-state index is 0.122. The van der Waals surface area contributed by atoms with Gasteiger partial charge < -0.3 is 10.1 Å². The fraction of sp³-hybridized carbons (Fsp3) is 0.294. The Morgan fingerprint density at radius 1 is 1.18 bits per heavy atom. The molecule has 0 bridgehead atoms. The molecule has 0 unspecified atom stereocenters.